The van der Waals surface area contributed by atoms with Crippen LogP contribution in [0.5, 0.6) is 5.75 Å². The van der Waals surface area contributed by atoms with E-state index in [1.54, 1.807) is 7.11 Å². The van der Waals surface area contributed by atoms with Crippen molar-refractivity contribution in [2.45, 2.75) is 45.4 Å². The smallest absolute Gasteiger partial charge is 0.119 e. The van der Waals surface area contributed by atoms with Crippen LogP contribution in [0.15, 0.2) is 24.3 Å². The van der Waals surface area contributed by atoms with E-state index in [1.165, 1.54) is 5.56 Å². The summed E-state index contributed by atoms with van der Waals surface area (Å²) in [5, 5.41) is 10.4. The molecule has 106 valence electrons. The van der Waals surface area contributed by atoms with Gasteiger partial charge in [0, 0.05) is 12.6 Å². The molecule has 3 nitrogen and oxygen atoms in total. The van der Waals surface area contributed by atoms with Gasteiger partial charge in [0.25, 0.3) is 0 Å². The molecule has 1 saturated carbocycles. The average molecular weight is 263 g/mol. The van der Waals surface area contributed by atoms with Gasteiger partial charge in [0.2, 0.25) is 0 Å². The molecular weight excluding hydrogens is 238 g/mol. The Hall–Kier alpha value is -1.06. The highest BCUT2D eigenvalue weighted by atomic mass is 16.5. The van der Waals surface area contributed by atoms with Gasteiger partial charge < -0.3 is 9.84 Å². The molecule has 1 aromatic carbocycles. The maximum absolute atomic E-state index is 10.4. The second-order valence-electron chi connectivity index (χ2n) is 6.31. The molecule has 2 unspecified atom stereocenters. The Balaban J connectivity index is 2.03. The van der Waals surface area contributed by atoms with Gasteiger partial charge in [0.05, 0.1) is 13.2 Å². The number of aliphatic hydroxyl groups is 1. The van der Waals surface area contributed by atoms with Gasteiger partial charge in [-0.25, -0.2) is 0 Å². The number of benzene rings is 1. The minimum atomic E-state index is -0.247. The van der Waals surface area contributed by atoms with Gasteiger partial charge in [-0.3, -0.25) is 4.90 Å². The van der Waals surface area contributed by atoms with Crippen molar-refractivity contribution in [1.82, 2.24) is 4.90 Å². The minimum absolute atomic E-state index is 0.0350. The third-order valence-corrected chi connectivity index (χ3v) is 4.38. The number of likely N-dealkylation sites (N-methyl/N-ethyl adjacent to an activating group) is 1. The van der Waals surface area contributed by atoms with E-state index < -0.39 is 0 Å². The van der Waals surface area contributed by atoms with Gasteiger partial charge in [-0.1, -0.05) is 26.0 Å². The number of hydrogen-bond donors (Lipinski definition) is 1. The van der Waals surface area contributed by atoms with Gasteiger partial charge in [-0.2, -0.15) is 0 Å². The summed E-state index contributed by atoms with van der Waals surface area (Å²) in [6, 6.07) is 8.38. The fourth-order valence-electron chi connectivity index (χ4n) is 2.98. The Bertz CT molecular complexity index is 431. The molecule has 1 fully saturated rings. The first-order chi connectivity index (χ1) is 8.94. The first-order valence-electron chi connectivity index (χ1n) is 6.95. The predicted molar refractivity (Wildman–Crippen MR) is 77.3 cm³/mol. The maximum Gasteiger partial charge on any atom is 0.119 e. The first-order valence-corrected chi connectivity index (χ1v) is 6.95. The Labute approximate surface area is 116 Å². The van der Waals surface area contributed by atoms with Crippen LogP contribution in [0.4, 0.5) is 0 Å². The van der Waals surface area contributed by atoms with Crippen LogP contribution < -0.4 is 4.74 Å². The summed E-state index contributed by atoms with van der Waals surface area (Å²) in [7, 11) is 3.78. The summed E-state index contributed by atoms with van der Waals surface area (Å²) in [6.07, 6.45) is 1.90. The van der Waals surface area contributed by atoms with Crippen molar-refractivity contribution in [3.8, 4) is 5.75 Å². The van der Waals surface area contributed by atoms with Crippen molar-refractivity contribution in [2.75, 3.05) is 14.2 Å². The van der Waals surface area contributed by atoms with E-state index in [4.69, 9.17) is 4.74 Å². The molecule has 0 aromatic heterocycles. The second-order valence-corrected chi connectivity index (χ2v) is 6.31. The Morgan fingerprint density at radius 1 is 1.42 bits per heavy atom. The van der Waals surface area contributed by atoms with Crippen LogP contribution in [0.1, 0.15) is 32.3 Å². The van der Waals surface area contributed by atoms with E-state index in [2.05, 4.69) is 37.9 Å². The number of rotatable bonds is 4. The van der Waals surface area contributed by atoms with Gasteiger partial charge >= 0.3 is 0 Å². The molecule has 0 heterocycles. The fraction of sp³-hybridized carbons (Fsp3) is 0.625. The van der Waals surface area contributed by atoms with E-state index >= 15 is 0 Å². The predicted octanol–water partition coefficient (Wildman–Crippen LogP) is 2.68. The first kappa shape index (κ1) is 14.4. The zero-order chi connectivity index (χ0) is 14.0. The zero-order valence-corrected chi connectivity index (χ0v) is 12.4. The molecule has 3 heteroatoms. The zero-order valence-electron chi connectivity index (χ0n) is 12.4. The van der Waals surface area contributed by atoms with Crippen LogP contribution in [0.25, 0.3) is 0 Å². The lowest BCUT2D eigenvalue weighted by Gasteiger charge is -2.31. The standard InChI is InChI=1S/C16H25NO2/c1-16(2)9-8-14(15(16)18)17(3)11-12-6-5-7-13(10-12)19-4/h5-7,10,14-15,18H,8-9,11H2,1-4H3. The summed E-state index contributed by atoms with van der Waals surface area (Å²) in [5.74, 6) is 0.887. The molecule has 0 saturated heterocycles. The maximum atomic E-state index is 10.4. The van der Waals surface area contributed by atoms with Crippen molar-refractivity contribution in [3.63, 3.8) is 0 Å². The highest BCUT2D eigenvalue weighted by Gasteiger charge is 2.42. The number of aliphatic hydroxyl groups excluding tert-OH is 1. The van der Waals surface area contributed by atoms with E-state index in [9.17, 15) is 5.11 Å². The van der Waals surface area contributed by atoms with Crippen molar-refractivity contribution in [3.05, 3.63) is 29.8 Å². The third kappa shape index (κ3) is 3.10. The van der Waals surface area contributed by atoms with Crippen LogP contribution >= 0.6 is 0 Å². The topological polar surface area (TPSA) is 32.7 Å². The van der Waals surface area contributed by atoms with E-state index in [0.717, 1.165) is 25.1 Å². The van der Waals surface area contributed by atoms with E-state index in [-0.39, 0.29) is 17.6 Å². The second kappa shape index (κ2) is 5.51. The molecular formula is C16H25NO2. The van der Waals surface area contributed by atoms with Crippen molar-refractivity contribution in [1.29, 1.82) is 0 Å². The van der Waals surface area contributed by atoms with Crippen molar-refractivity contribution in [2.24, 2.45) is 5.41 Å². The summed E-state index contributed by atoms with van der Waals surface area (Å²) < 4.78 is 5.25. The largest absolute Gasteiger partial charge is 0.497 e. The number of ether oxygens (including phenoxy) is 1. The van der Waals surface area contributed by atoms with Crippen LogP contribution in [0.3, 0.4) is 0 Å². The SMILES string of the molecule is COc1cccc(CN(C)C2CCC(C)(C)C2O)c1. The van der Waals surface area contributed by atoms with Crippen molar-refractivity contribution >= 4 is 0 Å². The Kier molecular flexibility index (Phi) is 4.16. The lowest BCUT2D eigenvalue weighted by molar-refractivity contribution is 0.0209. The summed E-state index contributed by atoms with van der Waals surface area (Å²) in [6.45, 7) is 5.14. The molecule has 0 radical (unpaired) electrons. The van der Waals surface area contributed by atoms with Crippen molar-refractivity contribution < 1.29 is 9.84 Å². The molecule has 1 aromatic rings. The van der Waals surface area contributed by atoms with Gasteiger partial charge in [0.1, 0.15) is 5.75 Å². The molecule has 2 atom stereocenters. The van der Waals surface area contributed by atoms with Crippen LogP contribution in [-0.4, -0.2) is 36.3 Å². The molecule has 1 aliphatic carbocycles. The van der Waals surface area contributed by atoms with Gasteiger partial charge in [0.15, 0.2) is 0 Å². The lowest BCUT2D eigenvalue weighted by Crippen LogP contribution is -2.41. The minimum Gasteiger partial charge on any atom is -0.497 e. The molecule has 0 amide bonds. The van der Waals surface area contributed by atoms with Crippen LogP contribution in [0, 0.1) is 5.41 Å². The van der Waals surface area contributed by atoms with Crippen LogP contribution in [0.2, 0.25) is 0 Å². The summed E-state index contributed by atoms with van der Waals surface area (Å²) >= 11 is 0. The van der Waals surface area contributed by atoms with E-state index in [1.807, 2.05) is 12.1 Å². The van der Waals surface area contributed by atoms with Gasteiger partial charge in [-0.05, 0) is 43.0 Å². The van der Waals surface area contributed by atoms with E-state index in [0.29, 0.717) is 0 Å². The molecule has 0 aliphatic heterocycles. The normalized spacial score (nSPS) is 25.8. The summed E-state index contributed by atoms with van der Waals surface area (Å²) in [4.78, 5) is 2.26. The lowest BCUT2D eigenvalue weighted by atomic mass is 9.88. The fourth-order valence-corrected chi connectivity index (χ4v) is 2.98. The van der Waals surface area contributed by atoms with Crippen LogP contribution in [-0.2, 0) is 6.54 Å². The highest BCUT2D eigenvalue weighted by molar-refractivity contribution is 5.28. The quantitative estimate of drug-likeness (QED) is 0.906. The van der Waals surface area contributed by atoms with Gasteiger partial charge in [-0.15, -0.1) is 0 Å². The molecule has 19 heavy (non-hydrogen) atoms. The Morgan fingerprint density at radius 3 is 2.74 bits per heavy atom. The monoisotopic (exact) mass is 263 g/mol. The highest BCUT2D eigenvalue weighted by Crippen LogP contribution is 2.39. The molecule has 1 aliphatic rings. The molecule has 2 rings (SSSR count). The number of hydrogen-bond acceptors (Lipinski definition) is 3. The average Bonchev–Trinajstić information content (AvgIpc) is 2.65. The Morgan fingerprint density at radius 2 is 2.16 bits per heavy atom. The third-order valence-electron chi connectivity index (χ3n) is 4.38. The summed E-state index contributed by atoms with van der Waals surface area (Å²) in [5.41, 5.74) is 1.26. The number of methoxy groups -OCH3 is 1. The molecule has 1 N–H and O–H groups in total. The number of nitrogens with zero attached hydrogens (tertiary/aromatic N) is 1. The molecule has 0 bridgehead atoms. The molecule has 0 spiro atoms.